The maximum absolute atomic E-state index is 13.9. The first-order valence-corrected chi connectivity index (χ1v) is 6.18. The van der Waals surface area contributed by atoms with Crippen molar-refractivity contribution in [2.45, 2.75) is 13.0 Å². The molecule has 21 heavy (non-hydrogen) atoms. The Morgan fingerprint density at radius 2 is 1.67 bits per heavy atom. The molecule has 2 rings (SSSR count). The van der Waals surface area contributed by atoms with Crippen LogP contribution in [0.5, 0.6) is 5.75 Å². The van der Waals surface area contributed by atoms with Gasteiger partial charge in [0.25, 0.3) is 0 Å². The summed E-state index contributed by atoms with van der Waals surface area (Å²) in [5.74, 6) is -4.48. The Kier molecular flexibility index (Phi) is 4.35. The molecule has 6 heteroatoms. The van der Waals surface area contributed by atoms with Gasteiger partial charge in [0.2, 0.25) is 0 Å². The number of hydrogen-bond acceptors (Lipinski definition) is 2. The number of rotatable bonds is 4. The topological polar surface area (TPSA) is 21.3 Å². The van der Waals surface area contributed by atoms with E-state index in [0.29, 0.717) is 0 Å². The normalized spacial score (nSPS) is 12.1. The van der Waals surface area contributed by atoms with Crippen molar-refractivity contribution in [2.24, 2.45) is 0 Å². The fourth-order valence-corrected chi connectivity index (χ4v) is 2.06. The van der Waals surface area contributed by atoms with Crippen LogP contribution >= 0.6 is 0 Å². The minimum atomic E-state index is -1.58. The van der Waals surface area contributed by atoms with Crippen LogP contribution in [0, 0.1) is 23.3 Å². The predicted octanol–water partition coefficient (Wildman–Crippen LogP) is 4.42. The third-order valence-corrected chi connectivity index (χ3v) is 3.07. The summed E-state index contributed by atoms with van der Waals surface area (Å²) in [6.07, 6.45) is 0. The van der Waals surface area contributed by atoms with Crippen molar-refractivity contribution in [3.8, 4) is 5.75 Å². The van der Waals surface area contributed by atoms with Gasteiger partial charge in [-0.05, 0) is 31.2 Å². The van der Waals surface area contributed by atoms with Gasteiger partial charge < -0.3 is 10.1 Å². The fraction of sp³-hybridized carbons (Fsp3) is 0.200. The minimum absolute atomic E-state index is 0.170. The Hall–Kier alpha value is -2.24. The highest BCUT2D eigenvalue weighted by Gasteiger charge is 2.19. The van der Waals surface area contributed by atoms with E-state index >= 15 is 0 Å². The van der Waals surface area contributed by atoms with Crippen molar-refractivity contribution in [1.82, 2.24) is 0 Å². The van der Waals surface area contributed by atoms with Gasteiger partial charge in [0.1, 0.15) is 11.6 Å². The van der Waals surface area contributed by atoms with Crippen LogP contribution in [0.4, 0.5) is 23.2 Å². The Labute approximate surface area is 119 Å². The third kappa shape index (κ3) is 2.94. The molecule has 0 aliphatic carbocycles. The third-order valence-electron chi connectivity index (χ3n) is 3.07. The van der Waals surface area contributed by atoms with Crippen LogP contribution in [0.2, 0.25) is 0 Å². The largest absolute Gasteiger partial charge is 0.496 e. The van der Waals surface area contributed by atoms with Gasteiger partial charge in [0.05, 0.1) is 24.4 Å². The highest BCUT2D eigenvalue weighted by atomic mass is 19.2. The average molecular weight is 299 g/mol. The minimum Gasteiger partial charge on any atom is -0.496 e. The first-order chi connectivity index (χ1) is 9.95. The van der Waals surface area contributed by atoms with Crippen LogP contribution in [0.15, 0.2) is 30.3 Å². The molecule has 0 amide bonds. The van der Waals surface area contributed by atoms with Gasteiger partial charge in [0, 0.05) is 0 Å². The Morgan fingerprint density at radius 3 is 2.33 bits per heavy atom. The SMILES string of the molecule is COc1cccc(F)c1C(C)Nc1ccc(F)c(F)c1F. The second kappa shape index (κ2) is 6.03. The number of benzene rings is 2. The van der Waals surface area contributed by atoms with Crippen LogP contribution in [0.25, 0.3) is 0 Å². The Morgan fingerprint density at radius 1 is 0.952 bits per heavy atom. The van der Waals surface area contributed by atoms with E-state index in [-0.39, 0.29) is 17.0 Å². The van der Waals surface area contributed by atoms with E-state index in [1.54, 1.807) is 13.0 Å². The summed E-state index contributed by atoms with van der Waals surface area (Å²) < 4.78 is 58.6. The van der Waals surface area contributed by atoms with Gasteiger partial charge in [0.15, 0.2) is 17.5 Å². The summed E-state index contributed by atoms with van der Waals surface area (Å²) in [5.41, 5.74) is -0.0872. The molecule has 0 fully saturated rings. The molecular weight excluding hydrogens is 286 g/mol. The number of methoxy groups -OCH3 is 1. The summed E-state index contributed by atoms with van der Waals surface area (Å²) in [7, 11) is 1.38. The molecule has 1 atom stereocenters. The monoisotopic (exact) mass is 299 g/mol. The van der Waals surface area contributed by atoms with Gasteiger partial charge in [-0.15, -0.1) is 0 Å². The molecular formula is C15H13F4NO. The van der Waals surface area contributed by atoms with E-state index in [1.165, 1.54) is 19.2 Å². The van der Waals surface area contributed by atoms with E-state index in [9.17, 15) is 17.6 Å². The van der Waals surface area contributed by atoms with Gasteiger partial charge >= 0.3 is 0 Å². The van der Waals surface area contributed by atoms with Crippen LogP contribution in [0.3, 0.4) is 0 Å². The summed E-state index contributed by atoms with van der Waals surface area (Å²) in [6.45, 7) is 1.56. The van der Waals surface area contributed by atoms with Crippen molar-refractivity contribution >= 4 is 5.69 Å². The maximum atomic E-state index is 13.9. The summed E-state index contributed by atoms with van der Waals surface area (Å²) in [4.78, 5) is 0. The molecule has 2 aromatic carbocycles. The molecule has 1 N–H and O–H groups in total. The molecule has 0 bridgehead atoms. The lowest BCUT2D eigenvalue weighted by atomic mass is 10.1. The average Bonchev–Trinajstić information content (AvgIpc) is 2.47. The molecule has 0 heterocycles. The first-order valence-electron chi connectivity index (χ1n) is 6.18. The zero-order valence-electron chi connectivity index (χ0n) is 11.4. The van der Waals surface area contributed by atoms with E-state index in [0.717, 1.165) is 12.1 Å². The Bertz CT molecular complexity index is 660. The van der Waals surface area contributed by atoms with Crippen LogP contribution in [0.1, 0.15) is 18.5 Å². The van der Waals surface area contributed by atoms with Crippen molar-refractivity contribution in [1.29, 1.82) is 0 Å². The van der Waals surface area contributed by atoms with Crippen molar-refractivity contribution in [3.05, 3.63) is 59.2 Å². The standard InChI is InChI=1S/C15H13F4NO/c1-8(13-9(16)4-3-5-12(13)21-2)20-11-7-6-10(17)14(18)15(11)19/h3-8,20H,1-2H3. The number of hydrogen-bond donors (Lipinski definition) is 1. The zero-order chi connectivity index (χ0) is 15.6. The lowest BCUT2D eigenvalue weighted by molar-refractivity contribution is 0.402. The number of nitrogens with one attached hydrogen (secondary N) is 1. The van der Waals surface area contributed by atoms with Crippen molar-refractivity contribution in [2.75, 3.05) is 12.4 Å². The summed E-state index contributed by atoms with van der Waals surface area (Å²) in [6, 6.07) is 5.41. The van der Waals surface area contributed by atoms with E-state index < -0.39 is 29.3 Å². The molecule has 0 radical (unpaired) electrons. The van der Waals surface area contributed by atoms with Crippen LogP contribution in [-0.2, 0) is 0 Å². The molecule has 0 aromatic heterocycles. The molecule has 2 nitrogen and oxygen atoms in total. The van der Waals surface area contributed by atoms with Crippen molar-refractivity contribution in [3.63, 3.8) is 0 Å². The summed E-state index contributed by atoms with van der Waals surface area (Å²) in [5, 5.41) is 2.61. The quantitative estimate of drug-likeness (QED) is 0.666. The smallest absolute Gasteiger partial charge is 0.196 e. The molecule has 1 unspecified atom stereocenters. The molecule has 0 saturated carbocycles. The highest BCUT2D eigenvalue weighted by molar-refractivity contribution is 5.49. The fourth-order valence-electron chi connectivity index (χ4n) is 2.06. The van der Waals surface area contributed by atoms with E-state index in [4.69, 9.17) is 4.74 Å². The zero-order valence-corrected chi connectivity index (χ0v) is 11.4. The molecule has 2 aromatic rings. The Balaban J connectivity index is 2.35. The molecule has 0 aliphatic rings. The van der Waals surface area contributed by atoms with Crippen LogP contribution < -0.4 is 10.1 Å². The van der Waals surface area contributed by atoms with Gasteiger partial charge in [-0.25, -0.2) is 17.6 Å². The molecule has 0 saturated heterocycles. The van der Waals surface area contributed by atoms with Gasteiger partial charge in [-0.3, -0.25) is 0 Å². The van der Waals surface area contributed by atoms with Gasteiger partial charge in [-0.2, -0.15) is 0 Å². The van der Waals surface area contributed by atoms with Crippen molar-refractivity contribution < 1.29 is 22.3 Å². The molecule has 112 valence electrons. The highest BCUT2D eigenvalue weighted by Crippen LogP contribution is 2.31. The lowest BCUT2D eigenvalue weighted by Crippen LogP contribution is -2.12. The van der Waals surface area contributed by atoms with E-state index in [2.05, 4.69) is 5.32 Å². The summed E-state index contributed by atoms with van der Waals surface area (Å²) >= 11 is 0. The number of ether oxygens (including phenoxy) is 1. The molecule has 0 spiro atoms. The van der Waals surface area contributed by atoms with E-state index in [1.807, 2.05) is 0 Å². The second-order valence-corrected chi connectivity index (χ2v) is 4.44. The first kappa shape index (κ1) is 15.2. The number of halogens is 4. The second-order valence-electron chi connectivity index (χ2n) is 4.44. The maximum Gasteiger partial charge on any atom is 0.196 e. The predicted molar refractivity (Wildman–Crippen MR) is 71.3 cm³/mol. The molecule has 0 aliphatic heterocycles. The van der Waals surface area contributed by atoms with Crippen LogP contribution in [-0.4, -0.2) is 7.11 Å². The lowest BCUT2D eigenvalue weighted by Gasteiger charge is -2.19. The van der Waals surface area contributed by atoms with Gasteiger partial charge in [-0.1, -0.05) is 6.07 Å². The number of anilines is 1.